The molecule has 4 aromatic heterocycles. The standard InChI is InChI=1S/C52H35N5O/c1-3-4-7-17-33(2)56-42-26-14-12-24-40(42)46-44(56)30-28-38-39-29-31-45-47(49(39)58-48(38)46)41-25-13-15-27-43(41)57(45)37-23-16-22-36(32-37)52-54-50(34-18-8-5-9-19-34)53-51(55-52)35-20-10-6-11-21-35/h3-32H,1H2,2H3/b7-4-,33-17+. The van der Waals surface area contributed by atoms with Crippen molar-refractivity contribution >= 4 is 71.2 Å². The van der Waals surface area contributed by atoms with Crippen molar-refractivity contribution in [3.05, 3.63) is 189 Å². The first-order chi connectivity index (χ1) is 28.7. The Morgan fingerprint density at radius 2 is 1.03 bits per heavy atom. The van der Waals surface area contributed by atoms with Crippen LogP contribution >= 0.6 is 0 Å². The molecule has 0 saturated heterocycles. The highest BCUT2D eigenvalue weighted by Gasteiger charge is 2.23. The SMILES string of the molecule is C=C/C=C\C=C(/C)n1c2ccccc2c2c3oc4c(ccc5c4c4ccccc4n5-c4cccc(-c5nc(-c6ccccc6)nc(-c6ccccc6)n5)c4)c3ccc21. The van der Waals surface area contributed by atoms with Gasteiger partial charge in [-0.2, -0.15) is 0 Å². The number of rotatable bonds is 7. The fraction of sp³-hybridized carbons (Fsp3) is 0.0192. The number of furan rings is 1. The molecule has 0 aliphatic heterocycles. The number of fused-ring (bicyclic) bond motifs is 11. The fourth-order valence-corrected chi connectivity index (χ4v) is 8.52. The molecule has 58 heavy (non-hydrogen) atoms. The zero-order valence-corrected chi connectivity index (χ0v) is 31.7. The van der Waals surface area contributed by atoms with Crippen LogP contribution in [0.2, 0.25) is 0 Å². The smallest absolute Gasteiger partial charge is 0.164 e. The van der Waals surface area contributed by atoms with Gasteiger partial charge in [0.2, 0.25) is 0 Å². The predicted molar refractivity (Wildman–Crippen MR) is 240 cm³/mol. The second-order valence-corrected chi connectivity index (χ2v) is 14.5. The first-order valence-electron chi connectivity index (χ1n) is 19.4. The molecule has 0 unspecified atom stereocenters. The zero-order valence-electron chi connectivity index (χ0n) is 31.7. The third kappa shape index (κ3) is 5.23. The molecule has 6 nitrogen and oxygen atoms in total. The van der Waals surface area contributed by atoms with E-state index in [4.69, 9.17) is 19.4 Å². The van der Waals surface area contributed by atoms with E-state index in [1.54, 1.807) is 6.08 Å². The van der Waals surface area contributed by atoms with E-state index in [9.17, 15) is 0 Å². The van der Waals surface area contributed by atoms with Gasteiger partial charge in [-0.1, -0.05) is 134 Å². The molecule has 0 N–H and O–H groups in total. The molecule has 0 fully saturated rings. The Labute approximate surface area is 334 Å². The molecule has 0 aliphatic rings. The lowest BCUT2D eigenvalue weighted by Gasteiger charge is -2.11. The normalized spacial score (nSPS) is 12.3. The first-order valence-corrected chi connectivity index (χ1v) is 19.4. The van der Waals surface area contributed by atoms with Gasteiger partial charge in [0.05, 0.1) is 32.8 Å². The van der Waals surface area contributed by atoms with Crippen LogP contribution in [0, 0.1) is 0 Å². The van der Waals surface area contributed by atoms with Crippen molar-refractivity contribution < 1.29 is 4.42 Å². The fourth-order valence-electron chi connectivity index (χ4n) is 8.52. The maximum atomic E-state index is 7.14. The van der Waals surface area contributed by atoms with Crippen molar-refractivity contribution in [3.63, 3.8) is 0 Å². The number of allylic oxidation sites excluding steroid dienone is 5. The number of nitrogens with zero attached hydrogens (tertiary/aromatic N) is 5. The monoisotopic (exact) mass is 745 g/mol. The Balaban J connectivity index is 1.13. The molecule has 0 amide bonds. The van der Waals surface area contributed by atoms with Crippen molar-refractivity contribution in [2.24, 2.45) is 0 Å². The summed E-state index contributed by atoms with van der Waals surface area (Å²) in [6.45, 7) is 5.97. The second-order valence-electron chi connectivity index (χ2n) is 14.5. The lowest BCUT2D eigenvalue weighted by atomic mass is 10.1. The summed E-state index contributed by atoms with van der Waals surface area (Å²) in [5.41, 5.74) is 11.0. The molecule has 0 spiro atoms. The topological polar surface area (TPSA) is 61.7 Å². The number of hydrogen-bond donors (Lipinski definition) is 0. The summed E-state index contributed by atoms with van der Waals surface area (Å²) in [7, 11) is 0. The predicted octanol–water partition coefficient (Wildman–Crippen LogP) is 13.6. The average molecular weight is 746 g/mol. The molecule has 6 heteroatoms. The Bertz CT molecular complexity index is 3420. The summed E-state index contributed by atoms with van der Waals surface area (Å²) in [5.74, 6) is 1.87. The number of para-hydroxylation sites is 2. The molecule has 0 radical (unpaired) electrons. The summed E-state index contributed by atoms with van der Waals surface area (Å²) < 4.78 is 11.8. The quantitative estimate of drug-likeness (QED) is 0.152. The molecule has 7 aromatic carbocycles. The van der Waals surface area contributed by atoms with Crippen molar-refractivity contribution in [1.82, 2.24) is 24.1 Å². The number of benzene rings is 7. The average Bonchev–Trinajstić information content (AvgIpc) is 3.95. The maximum absolute atomic E-state index is 7.14. The van der Waals surface area contributed by atoms with Crippen LogP contribution in [0.5, 0.6) is 0 Å². The highest BCUT2D eigenvalue weighted by Crippen LogP contribution is 2.45. The van der Waals surface area contributed by atoms with E-state index in [1.807, 2.05) is 72.8 Å². The Morgan fingerprint density at radius 3 is 1.69 bits per heavy atom. The highest BCUT2D eigenvalue weighted by molar-refractivity contribution is 6.29. The van der Waals surface area contributed by atoms with Gasteiger partial charge >= 0.3 is 0 Å². The number of hydrogen-bond acceptors (Lipinski definition) is 4. The number of aromatic nitrogens is 5. The van der Waals surface area contributed by atoms with Crippen molar-refractivity contribution in [2.75, 3.05) is 0 Å². The van der Waals surface area contributed by atoms with Crippen LogP contribution in [0.25, 0.3) is 111 Å². The van der Waals surface area contributed by atoms with E-state index in [1.165, 1.54) is 0 Å². The van der Waals surface area contributed by atoms with E-state index in [-0.39, 0.29) is 0 Å². The van der Waals surface area contributed by atoms with E-state index < -0.39 is 0 Å². The molecule has 11 aromatic rings. The van der Waals surface area contributed by atoms with Crippen molar-refractivity contribution in [2.45, 2.75) is 6.92 Å². The van der Waals surface area contributed by atoms with Crippen molar-refractivity contribution in [3.8, 4) is 39.9 Å². The molecular formula is C52H35N5O. The third-order valence-corrected chi connectivity index (χ3v) is 11.1. The van der Waals surface area contributed by atoms with Crippen LogP contribution in [0.3, 0.4) is 0 Å². The first kappa shape index (κ1) is 33.5. The van der Waals surface area contributed by atoms with E-state index in [0.29, 0.717) is 17.5 Å². The molecular weight excluding hydrogens is 711 g/mol. The molecule has 0 saturated carbocycles. The molecule has 0 aliphatic carbocycles. The minimum Gasteiger partial charge on any atom is -0.455 e. The second kappa shape index (κ2) is 13.4. The summed E-state index contributed by atoms with van der Waals surface area (Å²) >= 11 is 0. The van der Waals surface area contributed by atoms with E-state index in [2.05, 4.69) is 126 Å². The minimum absolute atomic E-state index is 0.611. The Kier molecular flexibility index (Phi) is 7.76. The van der Waals surface area contributed by atoms with Crippen LogP contribution in [-0.2, 0) is 0 Å². The molecule has 274 valence electrons. The molecule has 11 rings (SSSR count). The molecule has 0 bridgehead atoms. The summed E-state index contributed by atoms with van der Waals surface area (Å²) in [5, 5.41) is 6.65. The van der Waals surface area contributed by atoms with Gasteiger partial charge in [0.25, 0.3) is 0 Å². The van der Waals surface area contributed by atoms with Crippen LogP contribution in [0.1, 0.15) is 6.92 Å². The Morgan fingerprint density at radius 1 is 0.500 bits per heavy atom. The van der Waals surface area contributed by atoms with Gasteiger partial charge < -0.3 is 13.6 Å². The van der Waals surface area contributed by atoms with Crippen LogP contribution in [-0.4, -0.2) is 24.1 Å². The highest BCUT2D eigenvalue weighted by atomic mass is 16.3. The summed E-state index contributed by atoms with van der Waals surface area (Å²) in [6, 6.07) is 54.7. The van der Waals surface area contributed by atoms with E-state index in [0.717, 1.165) is 93.6 Å². The van der Waals surface area contributed by atoms with Gasteiger partial charge in [-0.25, -0.2) is 15.0 Å². The lowest BCUT2D eigenvalue weighted by Crippen LogP contribution is -2.01. The van der Waals surface area contributed by atoms with Crippen LogP contribution < -0.4 is 0 Å². The van der Waals surface area contributed by atoms with Gasteiger partial charge in [0, 0.05) is 49.6 Å². The molecule has 0 atom stereocenters. The van der Waals surface area contributed by atoms with Gasteiger partial charge in [-0.3, -0.25) is 0 Å². The van der Waals surface area contributed by atoms with E-state index >= 15 is 0 Å². The van der Waals surface area contributed by atoms with Crippen molar-refractivity contribution in [1.29, 1.82) is 0 Å². The van der Waals surface area contributed by atoms with Gasteiger partial charge in [0.15, 0.2) is 17.5 Å². The van der Waals surface area contributed by atoms with Gasteiger partial charge in [-0.05, 0) is 61.5 Å². The largest absolute Gasteiger partial charge is 0.455 e. The third-order valence-electron chi connectivity index (χ3n) is 11.1. The van der Waals surface area contributed by atoms with Crippen LogP contribution in [0.15, 0.2) is 193 Å². The van der Waals surface area contributed by atoms with Crippen LogP contribution in [0.4, 0.5) is 0 Å². The minimum atomic E-state index is 0.611. The van der Waals surface area contributed by atoms with Gasteiger partial charge in [0.1, 0.15) is 11.2 Å². The summed E-state index contributed by atoms with van der Waals surface area (Å²) in [4.78, 5) is 15.0. The maximum Gasteiger partial charge on any atom is 0.164 e. The summed E-state index contributed by atoms with van der Waals surface area (Å²) in [6.07, 6.45) is 7.89. The lowest BCUT2D eigenvalue weighted by molar-refractivity contribution is 0.677. The molecule has 4 heterocycles. The van der Waals surface area contributed by atoms with Gasteiger partial charge in [-0.15, -0.1) is 0 Å². The zero-order chi connectivity index (χ0) is 38.7. The Hall–Kier alpha value is -7.83.